The molecule has 3 heterocycles. The number of piperidine rings is 1. The number of nitrogens with zero attached hydrogens (tertiary/aromatic N) is 2. The van der Waals surface area contributed by atoms with Gasteiger partial charge in [-0.05, 0) is 56.6 Å². The van der Waals surface area contributed by atoms with Crippen LogP contribution in [0.25, 0.3) is 0 Å². The lowest BCUT2D eigenvalue weighted by atomic mass is 9.87. The number of nitrogens with one attached hydrogen (secondary N) is 1. The minimum atomic E-state index is -0.0899. The van der Waals surface area contributed by atoms with Gasteiger partial charge in [-0.1, -0.05) is 24.3 Å². The molecule has 1 amide bonds. The second-order valence-electron chi connectivity index (χ2n) is 6.83. The summed E-state index contributed by atoms with van der Waals surface area (Å²) >= 11 is 0. The van der Waals surface area contributed by atoms with Gasteiger partial charge in [-0.2, -0.15) is 0 Å². The van der Waals surface area contributed by atoms with Crippen molar-refractivity contribution in [3.63, 3.8) is 0 Å². The molecule has 2 aliphatic rings. The van der Waals surface area contributed by atoms with Gasteiger partial charge in [-0.3, -0.25) is 9.78 Å². The number of amides is 1. The van der Waals surface area contributed by atoms with E-state index in [-0.39, 0.29) is 17.6 Å². The highest BCUT2D eigenvalue weighted by molar-refractivity contribution is 6.05. The molecule has 0 unspecified atom stereocenters. The molecule has 1 atom stereocenters. The molecular formula is C20H23N3O2. The van der Waals surface area contributed by atoms with Gasteiger partial charge in [-0.25, -0.2) is 0 Å². The Labute approximate surface area is 148 Å². The highest BCUT2D eigenvalue weighted by Gasteiger charge is 2.44. The standard InChI is InChI=1S/C20H23N3O2/c24-19(18-8-4-5-11-22-18)23(16-6-2-1-3-7-16)17-14-20(25-15-17)9-12-21-13-10-20/h1-8,11,17,21H,9-10,12-15H2/t17-/m1/s1. The van der Waals surface area contributed by atoms with Crippen LogP contribution >= 0.6 is 0 Å². The Morgan fingerprint density at radius 1 is 1.12 bits per heavy atom. The molecule has 1 spiro atoms. The molecule has 1 N–H and O–H groups in total. The average molecular weight is 337 g/mol. The monoisotopic (exact) mass is 337 g/mol. The molecular weight excluding hydrogens is 314 g/mol. The molecule has 2 aromatic rings. The molecule has 2 fully saturated rings. The molecule has 5 heteroatoms. The summed E-state index contributed by atoms with van der Waals surface area (Å²) < 4.78 is 6.23. The summed E-state index contributed by atoms with van der Waals surface area (Å²) in [6, 6.07) is 15.3. The first-order chi connectivity index (χ1) is 12.3. The number of aromatic nitrogens is 1. The predicted molar refractivity (Wildman–Crippen MR) is 96.7 cm³/mol. The van der Waals surface area contributed by atoms with Gasteiger partial charge in [0.15, 0.2) is 0 Å². The molecule has 1 aromatic heterocycles. The topological polar surface area (TPSA) is 54.5 Å². The lowest BCUT2D eigenvalue weighted by Gasteiger charge is -2.34. The first-order valence-electron chi connectivity index (χ1n) is 8.92. The zero-order valence-corrected chi connectivity index (χ0v) is 14.2. The zero-order chi connectivity index (χ0) is 17.1. The van der Waals surface area contributed by atoms with E-state index in [1.165, 1.54) is 0 Å². The fraction of sp³-hybridized carbons (Fsp3) is 0.400. The summed E-state index contributed by atoms with van der Waals surface area (Å²) in [6.45, 7) is 2.53. The second-order valence-corrected chi connectivity index (χ2v) is 6.83. The van der Waals surface area contributed by atoms with Crippen LogP contribution in [-0.4, -0.2) is 42.2 Å². The van der Waals surface area contributed by atoms with Crippen LogP contribution in [0.2, 0.25) is 0 Å². The molecule has 0 saturated carbocycles. The van der Waals surface area contributed by atoms with Crippen molar-refractivity contribution in [2.45, 2.75) is 30.9 Å². The highest BCUT2D eigenvalue weighted by Crippen LogP contribution is 2.37. The van der Waals surface area contributed by atoms with E-state index in [0.717, 1.165) is 38.0 Å². The van der Waals surface area contributed by atoms with Crippen molar-refractivity contribution in [1.82, 2.24) is 10.3 Å². The second kappa shape index (κ2) is 6.94. The van der Waals surface area contributed by atoms with Gasteiger partial charge in [0.2, 0.25) is 0 Å². The van der Waals surface area contributed by atoms with E-state index in [2.05, 4.69) is 10.3 Å². The molecule has 0 aliphatic carbocycles. The average Bonchev–Trinajstić information content (AvgIpc) is 3.07. The Kier molecular flexibility index (Phi) is 4.51. The molecule has 25 heavy (non-hydrogen) atoms. The number of anilines is 1. The number of hydrogen-bond acceptors (Lipinski definition) is 4. The third kappa shape index (κ3) is 3.30. The van der Waals surface area contributed by atoms with E-state index in [0.29, 0.717) is 12.3 Å². The van der Waals surface area contributed by atoms with Gasteiger partial charge in [0, 0.05) is 11.9 Å². The SMILES string of the molecule is O=C(c1ccccn1)N(c1ccccc1)[C@H]1COC2(CCNCC2)C1. The van der Waals surface area contributed by atoms with E-state index >= 15 is 0 Å². The lowest BCUT2D eigenvalue weighted by molar-refractivity contribution is -0.0193. The van der Waals surface area contributed by atoms with E-state index in [1.807, 2.05) is 47.4 Å². The zero-order valence-electron chi connectivity index (χ0n) is 14.2. The number of carbonyl (C=O) groups is 1. The van der Waals surface area contributed by atoms with Gasteiger partial charge in [0.05, 0.1) is 18.2 Å². The highest BCUT2D eigenvalue weighted by atomic mass is 16.5. The summed E-state index contributed by atoms with van der Waals surface area (Å²) in [6.07, 6.45) is 4.55. The lowest BCUT2D eigenvalue weighted by Crippen LogP contribution is -2.44. The Morgan fingerprint density at radius 3 is 2.60 bits per heavy atom. The minimum absolute atomic E-state index is 0.0370. The van der Waals surface area contributed by atoms with E-state index in [1.54, 1.807) is 12.3 Å². The van der Waals surface area contributed by atoms with Gasteiger partial charge in [-0.15, -0.1) is 0 Å². The molecule has 4 rings (SSSR count). The van der Waals surface area contributed by atoms with Gasteiger partial charge < -0.3 is 15.0 Å². The van der Waals surface area contributed by atoms with Crippen LogP contribution in [0.1, 0.15) is 29.8 Å². The van der Waals surface area contributed by atoms with Gasteiger partial charge >= 0.3 is 0 Å². The normalized spacial score (nSPS) is 22.0. The summed E-state index contributed by atoms with van der Waals surface area (Å²) in [5, 5.41) is 3.39. The van der Waals surface area contributed by atoms with Crippen molar-refractivity contribution < 1.29 is 9.53 Å². The summed E-state index contributed by atoms with van der Waals surface area (Å²) in [5.41, 5.74) is 1.28. The summed E-state index contributed by atoms with van der Waals surface area (Å²) in [7, 11) is 0. The molecule has 0 bridgehead atoms. The fourth-order valence-electron chi connectivity index (χ4n) is 3.91. The third-order valence-electron chi connectivity index (χ3n) is 5.21. The summed E-state index contributed by atoms with van der Waals surface area (Å²) in [5.74, 6) is -0.0635. The largest absolute Gasteiger partial charge is 0.373 e. The number of pyridine rings is 1. The molecule has 2 aliphatic heterocycles. The van der Waals surface area contributed by atoms with Crippen molar-refractivity contribution in [2.24, 2.45) is 0 Å². The van der Waals surface area contributed by atoms with Crippen LogP contribution in [0.4, 0.5) is 5.69 Å². The first-order valence-corrected chi connectivity index (χ1v) is 8.92. The maximum atomic E-state index is 13.2. The van der Waals surface area contributed by atoms with Crippen molar-refractivity contribution in [3.05, 3.63) is 60.4 Å². The molecule has 5 nitrogen and oxygen atoms in total. The quantitative estimate of drug-likeness (QED) is 0.935. The molecule has 2 saturated heterocycles. The number of ether oxygens (including phenoxy) is 1. The van der Waals surface area contributed by atoms with Crippen LogP contribution in [0.3, 0.4) is 0 Å². The Balaban J connectivity index is 1.63. The predicted octanol–water partition coefficient (Wildman–Crippen LogP) is 2.64. The molecule has 1 aromatic carbocycles. The van der Waals surface area contributed by atoms with Crippen LogP contribution in [-0.2, 0) is 4.74 Å². The van der Waals surface area contributed by atoms with Crippen molar-refractivity contribution in [2.75, 3.05) is 24.6 Å². The minimum Gasteiger partial charge on any atom is -0.373 e. The van der Waals surface area contributed by atoms with Crippen molar-refractivity contribution >= 4 is 11.6 Å². The first kappa shape index (κ1) is 16.2. The van der Waals surface area contributed by atoms with Crippen LogP contribution in [0, 0.1) is 0 Å². The van der Waals surface area contributed by atoms with E-state index in [9.17, 15) is 4.79 Å². The number of rotatable bonds is 3. The van der Waals surface area contributed by atoms with E-state index in [4.69, 9.17) is 4.74 Å². The number of para-hydroxylation sites is 1. The van der Waals surface area contributed by atoms with Gasteiger partial charge in [0.1, 0.15) is 5.69 Å². The van der Waals surface area contributed by atoms with E-state index < -0.39 is 0 Å². The summed E-state index contributed by atoms with van der Waals surface area (Å²) in [4.78, 5) is 19.3. The number of benzene rings is 1. The number of hydrogen-bond donors (Lipinski definition) is 1. The Hall–Kier alpha value is -2.24. The molecule has 130 valence electrons. The Bertz CT molecular complexity index is 714. The fourth-order valence-corrected chi connectivity index (χ4v) is 3.91. The van der Waals surface area contributed by atoms with Crippen molar-refractivity contribution in [1.29, 1.82) is 0 Å². The van der Waals surface area contributed by atoms with Gasteiger partial charge in [0.25, 0.3) is 5.91 Å². The van der Waals surface area contributed by atoms with Crippen molar-refractivity contribution in [3.8, 4) is 0 Å². The smallest absolute Gasteiger partial charge is 0.277 e. The van der Waals surface area contributed by atoms with Crippen LogP contribution in [0.5, 0.6) is 0 Å². The Morgan fingerprint density at radius 2 is 1.88 bits per heavy atom. The number of carbonyl (C=O) groups excluding carboxylic acids is 1. The third-order valence-corrected chi connectivity index (χ3v) is 5.21. The van der Waals surface area contributed by atoms with Crippen LogP contribution < -0.4 is 10.2 Å². The maximum absolute atomic E-state index is 13.2. The molecule has 0 radical (unpaired) electrons. The van der Waals surface area contributed by atoms with Crippen LogP contribution in [0.15, 0.2) is 54.7 Å². The maximum Gasteiger partial charge on any atom is 0.277 e.